The van der Waals surface area contributed by atoms with E-state index in [9.17, 15) is 34.6 Å². The smallest absolute Gasteiger partial charge is 0.326 e. The topological polar surface area (TPSA) is 161 Å². The first-order valence-corrected chi connectivity index (χ1v) is 7.14. The minimum atomic E-state index is -1.56. The molecule has 0 bridgehead atoms. The predicted molar refractivity (Wildman–Crippen MR) is 84.9 cm³/mol. The molecule has 1 aliphatic rings. The van der Waals surface area contributed by atoms with Gasteiger partial charge in [0.1, 0.15) is 6.04 Å². The summed E-state index contributed by atoms with van der Waals surface area (Å²) in [4.78, 5) is 57.6. The molecule has 1 aliphatic heterocycles. The molecule has 1 heterocycles. The van der Waals surface area contributed by atoms with Crippen molar-refractivity contribution in [2.45, 2.75) is 13.0 Å². The average Bonchev–Trinajstić information content (AvgIpc) is 2.58. The van der Waals surface area contributed by atoms with Gasteiger partial charge in [0, 0.05) is 29.7 Å². The van der Waals surface area contributed by atoms with Crippen molar-refractivity contribution in [1.29, 1.82) is 0 Å². The van der Waals surface area contributed by atoms with Gasteiger partial charge >= 0.3 is 5.97 Å². The van der Waals surface area contributed by atoms with Crippen molar-refractivity contribution in [3.8, 4) is 0 Å². The van der Waals surface area contributed by atoms with Crippen molar-refractivity contribution >= 4 is 39.9 Å². The quantitative estimate of drug-likeness (QED) is 0.490. The van der Waals surface area contributed by atoms with E-state index in [1.54, 1.807) is 0 Å². The number of imide groups is 1. The maximum atomic E-state index is 12.6. The lowest BCUT2D eigenvalue weighted by Gasteiger charge is -2.29. The average molecular weight is 359 g/mol. The lowest BCUT2D eigenvalue weighted by Crippen LogP contribution is -2.49. The lowest BCUT2D eigenvalue weighted by atomic mass is 9.92. The number of benzene rings is 2. The van der Waals surface area contributed by atoms with Crippen LogP contribution in [0.15, 0.2) is 24.3 Å². The van der Waals surface area contributed by atoms with E-state index in [0.717, 1.165) is 31.2 Å². The number of carboxylic acids is 1. The van der Waals surface area contributed by atoms with Crippen LogP contribution in [0.1, 0.15) is 27.6 Å². The van der Waals surface area contributed by atoms with Gasteiger partial charge in [0.25, 0.3) is 23.2 Å². The van der Waals surface area contributed by atoms with Gasteiger partial charge in [-0.05, 0) is 12.3 Å². The molecule has 11 nitrogen and oxygen atoms in total. The molecular formula is C15H9N3O8. The van der Waals surface area contributed by atoms with Crippen LogP contribution in [0.5, 0.6) is 0 Å². The second kappa shape index (κ2) is 5.58. The number of nitrogens with zero attached hydrogens (tertiary/aromatic N) is 3. The number of amides is 2. The van der Waals surface area contributed by atoms with E-state index in [-0.39, 0.29) is 21.9 Å². The summed E-state index contributed by atoms with van der Waals surface area (Å²) in [5, 5.41) is 31.4. The second-order valence-electron chi connectivity index (χ2n) is 5.59. The summed E-state index contributed by atoms with van der Waals surface area (Å²) >= 11 is 0. The number of nitro benzene ring substituents is 2. The van der Waals surface area contributed by atoms with Crippen molar-refractivity contribution in [2.24, 2.45) is 0 Å². The summed E-state index contributed by atoms with van der Waals surface area (Å²) in [6.45, 7) is 1.09. The number of rotatable bonds is 4. The minimum absolute atomic E-state index is 0.0186. The Bertz CT molecular complexity index is 976. The van der Waals surface area contributed by atoms with E-state index < -0.39 is 45.0 Å². The molecule has 3 rings (SSSR count). The van der Waals surface area contributed by atoms with E-state index >= 15 is 0 Å². The summed E-state index contributed by atoms with van der Waals surface area (Å²) in [6.07, 6.45) is 0. The zero-order valence-corrected chi connectivity index (χ0v) is 13.0. The third-order valence-electron chi connectivity index (χ3n) is 4.08. The van der Waals surface area contributed by atoms with Gasteiger partial charge in [0.2, 0.25) is 0 Å². The molecule has 1 N–H and O–H groups in total. The number of hydrogen-bond acceptors (Lipinski definition) is 7. The highest BCUT2D eigenvalue weighted by molar-refractivity contribution is 6.27. The van der Waals surface area contributed by atoms with Crippen LogP contribution in [-0.2, 0) is 4.79 Å². The van der Waals surface area contributed by atoms with Gasteiger partial charge in [-0.3, -0.25) is 34.7 Å². The van der Waals surface area contributed by atoms with Crippen molar-refractivity contribution in [3.63, 3.8) is 0 Å². The van der Waals surface area contributed by atoms with E-state index in [1.807, 2.05) is 0 Å². The van der Waals surface area contributed by atoms with Crippen LogP contribution in [0.2, 0.25) is 0 Å². The molecule has 0 aromatic heterocycles. The van der Waals surface area contributed by atoms with Crippen molar-refractivity contribution in [3.05, 3.63) is 55.6 Å². The van der Waals surface area contributed by atoms with Crippen LogP contribution in [0.4, 0.5) is 11.4 Å². The second-order valence-corrected chi connectivity index (χ2v) is 5.59. The Hall–Kier alpha value is -3.89. The van der Waals surface area contributed by atoms with E-state index in [1.165, 1.54) is 0 Å². The van der Waals surface area contributed by atoms with Gasteiger partial charge < -0.3 is 5.11 Å². The van der Waals surface area contributed by atoms with Gasteiger partial charge in [0.05, 0.1) is 21.0 Å². The molecule has 132 valence electrons. The number of hydrogen-bond donors (Lipinski definition) is 1. The predicted octanol–water partition coefficient (Wildman–Crippen LogP) is 1.73. The van der Waals surface area contributed by atoms with Gasteiger partial charge in [-0.15, -0.1) is 0 Å². The molecule has 1 atom stereocenters. The molecule has 11 heteroatoms. The van der Waals surface area contributed by atoms with E-state index in [2.05, 4.69) is 0 Å². The fraction of sp³-hybridized carbons (Fsp3) is 0.133. The Balaban J connectivity index is 2.41. The number of carbonyl (C=O) groups excluding carboxylic acids is 2. The third kappa shape index (κ3) is 2.33. The SMILES string of the molecule is C[C@H](C(=O)O)N1C(=O)c2cc([N+](=O)[O-])cc3cc([N+](=O)[O-])cc(c23)C1=O. The Morgan fingerprint density at radius 1 is 1.00 bits per heavy atom. The molecule has 2 aromatic rings. The zero-order chi connectivity index (χ0) is 19.3. The number of carboxylic acid groups (broad SMARTS) is 1. The molecular weight excluding hydrogens is 350 g/mol. The van der Waals surface area contributed by atoms with Crippen LogP contribution < -0.4 is 0 Å². The highest BCUT2D eigenvalue weighted by atomic mass is 16.6. The Morgan fingerprint density at radius 3 is 1.77 bits per heavy atom. The van der Waals surface area contributed by atoms with Crippen molar-refractivity contribution < 1.29 is 29.3 Å². The molecule has 2 amide bonds. The molecule has 0 saturated carbocycles. The summed E-state index contributed by atoms with van der Waals surface area (Å²) in [7, 11) is 0. The minimum Gasteiger partial charge on any atom is -0.480 e. The number of non-ortho nitro benzene ring substituents is 2. The molecule has 0 aliphatic carbocycles. The van der Waals surface area contributed by atoms with Gasteiger partial charge in [-0.1, -0.05) is 0 Å². The molecule has 0 unspecified atom stereocenters. The molecule has 0 fully saturated rings. The first-order valence-electron chi connectivity index (χ1n) is 7.14. The van der Waals surface area contributed by atoms with Crippen LogP contribution >= 0.6 is 0 Å². The normalized spacial score (nSPS) is 14.4. The van der Waals surface area contributed by atoms with Crippen molar-refractivity contribution in [1.82, 2.24) is 4.90 Å². The van der Waals surface area contributed by atoms with Crippen LogP contribution in [0.25, 0.3) is 10.8 Å². The third-order valence-corrected chi connectivity index (χ3v) is 4.08. The van der Waals surface area contributed by atoms with E-state index in [4.69, 9.17) is 5.11 Å². The highest BCUT2D eigenvalue weighted by Gasteiger charge is 2.40. The first kappa shape index (κ1) is 17.0. The van der Waals surface area contributed by atoms with Gasteiger partial charge in [0.15, 0.2) is 0 Å². The zero-order valence-electron chi connectivity index (χ0n) is 13.0. The largest absolute Gasteiger partial charge is 0.480 e. The summed E-state index contributed by atoms with van der Waals surface area (Å²) in [5.74, 6) is -3.50. The number of carbonyl (C=O) groups is 3. The molecule has 0 spiro atoms. The maximum Gasteiger partial charge on any atom is 0.326 e. The Labute approximate surface area is 143 Å². The summed E-state index contributed by atoms with van der Waals surface area (Å²) in [6, 6.07) is 2.33. The van der Waals surface area contributed by atoms with Crippen LogP contribution in [-0.4, -0.2) is 43.7 Å². The van der Waals surface area contributed by atoms with Crippen LogP contribution in [0, 0.1) is 20.2 Å². The Morgan fingerprint density at radius 2 is 1.42 bits per heavy atom. The molecule has 2 aromatic carbocycles. The standard InChI is InChI=1S/C15H9N3O8/c1-6(15(21)22)16-13(19)10-4-8(17(23)24)2-7-3-9(18(25)26)5-11(12(7)10)14(16)20/h2-6H,1H3,(H,21,22)/t6-/m1/s1. The fourth-order valence-electron chi connectivity index (χ4n) is 2.85. The number of aliphatic carboxylic acids is 1. The van der Waals surface area contributed by atoms with Gasteiger partial charge in [-0.2, -0.15) is 0 Å². The fourth-order valence-corrected chi connectivity index (χ4v) is 2.85. The number of nitro groups is 2. The van der Waals surface area contributed by atoms with Gasteiger partial charge in [-0.25, -0.2) is 4.79 Å². The summed E-state index contributed by atoms with van der Waals surface area (Å²) in [5.41, 5.74) is -1.53. The maximum absolute atomic E-state index is 12.6. The lowest BCUT2D eigenvalue weighted by molar-refractivity contribution is -0.385. The van der Waals surface area contributed by atoms with Crippen LogP contribution in [0.3, 0.4) is 0 Å². The molecule has 0 saturated heterocycles. The molecule has 26 heavy (non-hydrogen) atoms. The van der Waals surface area contributed by atoms with Crippen molar-refractivity contribution in [2.75, 3.05) is 0 Å². The first-order chi connectivity index (χ1) is 12.1. The van der Waals surface area contributed by atoms with E-state index in [0.29, 0.717) is 4.90 Å². The molecule has 0 radical (unpaired) electrons. The monoisotopic (exact) mass is 359 g/mol. The Kier molecular flexibility index (Phi) is 3.64. The summed E-state index contributed by atoms with van der Waals surface area (Å²) < 4.78 is 0. The highest BCUT2D eigenvalue weighted by Crippen LogP contribution is 2.36.